The van der Waals surface area contributed by atoms with Crippen LogP contribution in [0.4, 0.5) is 13.2 Å². The highest BCUT2D eigenvalue weighted by atomic mass is 19.4. The molecule has 128 valence electrons. The summed E-state index contributed by atoms with van der Waals surface area (Å²) in [6.45, 7) is 0.518. The van der Waals surface area contributed by atoms with E-state index in [1.807, 2.05) is 36.1 Å². The van der Waals surface area contributed by atoms with Crippen molar-refractivity contribution < 1.29 is 22.8 Å². The summed E-state index contributed by atoms with van der Waals surface area (Å²) in [5, 5.41) is 3.89. The Balaban J connectivity index is 2.60. The van der Waals surface area contributed by atoms with Crippen molar-refractivity contribution >= 4 is 11.8 Å². The van der Waals surface area contributed by atoms with E-state index < -0.39 is 24.5 Å². The van der Waals surface area contributed by atoms with E-state index >= 15 is 0 Å². The van der Waals surface area contributed by atoms with Gasteiger partial charge in [-0.25, -0.2) is 0 Å². The van der Waals surface area contributed by atoms with E-state index in [1.165, 1.54) is 5.32 Å². The van der Waals surface area contributed by atoms with Crippen LogP contribution in [0.2, 0.25) is 0 Å². The number of halogens is 3. The van der Waals surface area contributed by atoms with Crippen molar-refractivity contribution in [3.63, 3.8) is 0 Å². The SMILES string of the molecule is Cc1ccc([C@@H](CNC(=O)C(=O)NCC(F)(F)F)N(C)C)cc1. The van der Waals surface area contributed by atoms with Gasteiger partial charge in [0.05, 0.1) is 6.04 Å². The van der Waals surface area contributed by atoms with Gasteiger partial charge in [-0.05, 0) is 26.6 Å². The van der Waals surface area contributed by atoms with Gasteiger partial charge in [0, 0.05) is 6.54 Å². The van der Waals surface area contributed by atoms with Gasteiger partial charge in [0.15, 0.2) is 0 Å². The summed E-state index contributed by atoms with van der Waals surface area (Å²) in [6, 6.07) is 7.44. The Kier molecular flexibility index (Phi) is 6.56. The number of alkyl halides is 3. The molecule has 0 fully saturated rings. The predicted molar refractivity (Wildman–Crippen MR) is 79.7 cm³/mol. The zero-order chi connectivity index (χ0) is 17.6. The van der Waals surface area contributed by atoms with E-state index in [4.69, 9.17) is 0 Å². The lowest BCUT2D eigenvalue weighted by Gasteiger charge is -2.25. The van der Waals surface area contributed by atoms with E-state index in [0.29, 0.717) is 0 Å². The fraction of sp³-hybridized carbons (Fsp3) is 0.467. The Morgan fingerprint density at radius 3 is 2.09 bits per heavy atom. The highest BCUT2D eigenvalue weighted by Crippen LogP contribution is 2.17. The van der Waals surface area contributed by atoms with Crippen LogP contribution < -0.4 is 10.6 Å². The molecule has 23 heavy (non-hydrogen) atoms. The van der Waals surface area contributed by atoms with Crippen LogP contribution in [0.5, 0.6) is 0 Å². The average molecular weight is 331 g/mol. The zero-order valence-electron chi connectivity index (χ0n) is 13.2. The van der Waals surface area contributed by atoms with Crippen LogP contribution in [0.15, 0.2) is 24.3 Å². The number of hydrogen-bond acceptors (Lipinski definition) is 3. The number of rotatable bonds is 5. The zero-order valence-corrected chi connectivity index (χ0v) is 13.2. The van der Waals surface area contributed by atoms with Crippen molar-refractivity contribution in [2.45, 2.75) is 19.1 Å². The minimum Gasteiger partial charge on any atom is -0.346 e. The molecular formula is C15H20F3N3O2. The highest BCUT2D eigenvalue weighted by molar-refractivity contribution is 6.35. The van der Waals surface area contributed by atoms with Gasteiger partial charge < -0.3 is 15.5 Å². The van der Waals surface area contributed by atoms with Crippen molar-refractivity contribution in [2.75, 3.05) is 27.2 Å². The number of carbonyl (C=O) groups excluding carboxylic acids is 2. The normalized spacial score (nSPS) is 12.8. The quantitative estimate of drug-likeness (QED) is 0.802. The first-order valence-electron chi connectivity index (χ1n) is 6.96. The fourth-order valence-electron chi connectivity index (χ4n) is 1.92. The second-order valence-corrected chi connectivity index (χ2v) is 5.40. The Hall–Kier alpha value is -2.09. The van der Waals surface area contributed by atoms with Crippen LogP contribution in [0.1, 0.15) is 17.2 Å². The average Bonchev–Trinajstić information content (AvgIpc) is 2.45. The second-order valence-electron chi connectivity index (χ2n) is 5.40. The van der Waals surface area contributed by atoms with Crippen LogP contribution in [-0.4, -0.2) is 50.1 Å². The molecule has 0 radical (unpaired) electrons. The first kappa shape index (κ1) is 19.0. The van der Waals surface area contributed by atoms with Crippen LogP contribution in [-0.2, 0) is 9.59 Å². The topological polar surface area (TPSA) is 61.4 Å². The molecule has 0 aliphatic rings. The van der Waals surface area contributed by atoms with Crippen molar-refractivity contribution in [1.82, 2.24) is 15.5 Å². The standard InChI is InChI=1S/C15H20F3N3O2/c1-10-4-6-11(7-5-10)12(21(2)3)8-19-13(22)14(23)20-9-15(16,17)18/h4-7,12H,8-9H2,1-3H3,(H,19,22)(H,20,23)/t12-/m1/s1. The molecule has 0 saturated heterocycles. The third kappa shape index (κ3) is 6.68. The number of amides is 2. The summed E-state index contributed by atoms with van der Waals surface area (Å²) < 4.78 is 36.0. The smallest absolute Gasteiger partial charge is 0.346 e. The summed E-state index contributed by atoms with van der Waals surface area (Å²) in [5.74, 6) is -2.39. The second kappa shape index (κ2) is 7.96. The van der Waals surface area contributed by atoms with Gasteiger partial charge in [0.25, 0.3) is 0 Å². The first-order valence-corrected chi connectivity index (χ1v) is 6.96. The molecule has 2 N–H and O–H groups in total. The first-order chi connectivity index (χ1) is 10.6. The van der Waals surface area contributed by atoms with Gasteiger partial charge >= 0.3 is 18.0 Å². The maximum absolute atomic E-state index is 12.0. The van der Waals surface area contributed by atoms with E-state index in [0.717, 1.165) is 11.1 Å². The van der Waals surface area contributed by atoms with Gasteiger partial charge in [0.1, 0.15) is 6.54 Å². The summed E-state index contributed by atoms with van der Waals surface area (Å²) in [6.07, 6.45) is -4.55. The van der Waals surface area contributed by atoms with Crippen LogP contribution in [0.3, 0.4) is 0 Å². The van der Waals surface area contributed by atoms with Crippen LogP contribution in [0, 0.1) is 6.92 Å². The van der Waals surface area contributed by atoms with Gasteiger partial charge in [0.2, 0.25) is 0 Å². The molecule has 8 heteroatoms. The molecule has 0 saturated carbocycles. The van der Waals surface area contributed by atoms with Crippen molar-refractivity contribution in [3.8, 4) is 0 Å². The van der Waals surface area contributed by atoms with E-state index in [1.54, 1.807) is 14.1 Å². The van der Waals surface area contributed by atoms with Crippen molar-refractivity contribution in [2.24, 2.45) is 0 Å². The van der Waals surface area contributed by atoms with Gasteiger partial charge in [-0.3, -0.25) is 9.59 Å². The lowest BCUT2D eigenvalue weighted by atomic mass is 10.0. The maximum Gasteiger partial charge on any atom is 0.405 e. The lowest BCUT2D eigenvalue weighted by molar-refractivity contribution is -0.146. The number of likely N-dealkylation sites (N-methyl/N-ethyl adjacent to an activating group) is 1. The summed E-state index contributed by atoms with van der Waals surface area (Å²) in [7, 11) is 3.61. The Labute approximate surface area is 132 Å². The third-order valence-electron chi connectivity index (χ3n) is 3.20. The summed E-state index contributed by atoms with van der Waals surface area (Å²) in [4.78, 5) is 24.7. The number of aryl methyl sites for hydroxylation is 1. The van der Waals surface area contributed by atoms with Crippen LogP contribution in [0.25, 0.3) is 0 Å². The predicted octanol–water partition coefficient (Wildman–Crippen LogP) is 1.39. The minimum atomic E-state index is -4.55. The molecule has 5 nitrogen and oxygen atoms in total. The number of nitrogens with zero attached hydrogens (tertiary/aromatic N) is 1. The molecule has 1 rings (SSSR count). The number of benzene rings is 1. The Morgan fingerprint density at radius 1 is 1.09 bits per heavy atom. The lowest BCUT2D eigenvalue weighted by Crippen LogP contribution is -2.45. The van der Waals surface area contributed by atoms with Gasteiger partial charge in [-0.2, -0.15) is 13.2 Å². The van der Waals surface area contributed by atoms with Crippen molar-refractivity contribution in [1.29, 1.82) is 0 Å². The maximum atomic E-state index is 12.0. The fourth-order valence-corrected chi connectivity index (χ4v) is 1.92. The molecule has 1 aromatic rings. The number of carbonyl (C=O) groups is 2. The van der Waals surface area contributed by atoms with Gasteiger partial charge in [-0.1, -0.05) is 29.8 Å². The molecule has 0 aliphatic heterocycles. The highest BCUT2D eigenvalue weighted by Gasteiger charge is 2.29. The molecule has 1 atom stereocenters. The van der Waals surface area contributed by atoms with E-state index in [2.05, 4.69) is 5.32 Å². The molecule has 0 aromatic heterocycles. The molecule has 0 unspecified atom stereocenters. The Bertz CT molecular complexity index is 542. The number of nitrogens with one attached hydrogen (secondary N) is 2. The monoisotopic (exact) mass is 331 g/mol. The molecule has 0 heterocycles. The van der Waals surface area contributed by atoms with E-state index in [-0.39, 0.29) is 12.6 Å². The molecule has 1 aromatic carbocycles. The molecule has 0 bridgehead atoms. The minimum absolute atomic E-state index is 0.105. The molecule has 2 amide bonds. The largest absolute Gasteiger partial charge is 0.405 e. The molecule has 0 spiro atoms. The third-order valence-corrected chi connectivity index (χ3v) is 3.20. The van der Waals surface area contributed by atoms with Crippen molar-refractivity contribution in [3.05, 3.63) is 35.4 Å². The van der Waals surface area contributed by atoms with Crippen LogP contribution >= 0.6 is 0 Å². The summed E-state index contributed by atoms with van der Waals surface area (Å²) >= 11 is 0. The summed E-state index contributed by atoms with van der Waals surface area (Å²) in [5.41, 5.74) is 2.01. The number of hydrogen-bond donors (Lipinski definition) is 2. The molecule has 0 aliphatic carbocycles. The van der Waals surface area contributed by atoms with Gasteiger partial charge in [-0.15, -0.1) is 0 Å². The Morgan fingerprint density at radius 2 is 1.61 bits per heavy atom. The van der Waals surface area contributed by atoms with E-state index in [9.17, 15) is 22.8 Å². The molecular weight excluding hydrogens is 311 g/mol.